The number of aromatic nitrogens is 2. The molecule has 6 nitrogen and oxygen atoms in total. The Morgan fingerprint density at radius 3 is 2.73 bits per heavy atom. The van der Waals surface area contributed by atoms with Gasteiger partial charge >= 0.3 is 0 Å². The van der Waals surface area contributed by atoms with Gasteiger partial charge in [0.25, 0.3) is 5.91 Å². The van der Waals surface area contributed by atoms with Crippen LogP contribution in [0, 0.1) is 0 Å². The van der Waals surface area contributed by atoms with Crippen LogP contribution < -0.4 is 15.4 Å². The van der Waals surface area contributed by atoms with Gasteiger partial charge in [0, 0.05) is 30.8 Å². The monoisotopic (exact) mass is 368 g/mol. The number of nitrogens with one attached hydrogen (secondary N) is 2. The zero-order valence-corrected chi connectivity index (χ0v) is 14.8. The van der Waals surface area contributed by atoms with E-state index in [-0.39, 0.29) is 5.91 Å². The fourth-order valence-corrected chi connectivity index (χ4v) is 2.53. The number of methoxy groups -OCH3 is 1. The molecule has 132 valence electrons. The Hall–Kier alpha value is -3.12. The number of carbonyl (C=O) groups is 1. The lowest BCUT2D eigenvalue weighted by Crippen LogP contribution is -2.12. The highest BCUT2D eigenvalue weighted by Crippen LogP contribution is 2.27. The van der Waals surface area contributed by atoms with Crippen molar-refractivity contribution in [3.05, 3.63) is 77.2 Å². The van der Waals surface area contributed by atoms with Crippen LogP contribution in [0.1, 0.15) is 15.9 Å². The van der Waals surface area contributed by atoms with Gasteiger partial charge in [0.1, 0.15) is 11.6 Å². The fourth-order valence-electron chi connectivity index (χ4n) is 2.28. The third-order valence-electron chi connectivity index (χ3n) is 3.63. The van der Waals surface area contributed by atoms with Gasteiger partial charge in [0.05, 0.1) is 17.7 Å². The molecule has 0 atom stereocenters. The Balaban J connectivity index is 1.60. The highest BCUT2D eigenvalue weighted by Gasteiger charge is 2.09. The maximum absolute atomic E-state index is 12.3. The largest absolute Gasteiger partial charge is 0.495 e. The van der Waals surface area contributed by atoms with Gasteiger partial charge in [0.15, 0.2) is 0 Å². The average Bonchev–Trinajstić information content (AvgIpc) is 2.68. The first-order chi connectivity index (χ1) is 12.7. The molecule has 3 aromatic rings. The van der Waals surface area contributed by atoms with E-state index >= 15 is 0 Å². The molecule has 2 aromatic heterocycles. The van der Waals surface area contributed by atoms with Crippen LogP contribution in [-0.2, 0) is 6.54 Å². The van der Waals surface area contributed by atoms with Crippen LogP contribution in [0.5, 0.6) is 5.75 Å². The molecule has 0 aliphatic carbocycles. The summed E-state index contributed by atoms with van der Waals surface area (Å²) in [4.78, 5) is 20.6. The number of carbonyl (C=O) groups excluding carboxylic acids is 1. The first kappa shape index (κ1) is 17.7. The number of nitrogens with zero attached hydrogens (tertiary/aromatic N) is 2. The van der Waals surface area contributed by atoms with Crippen molar-refractivity contribution in [2.24, 2.45) is 0 Å². The highest BCUT2D eigenvalue weighted by molar-refractivity contribution is 6.32. The van der Waals surface area contributed by atoms with Crippen molar-refractivity contribution < 1.29 is 9.53 Å². The van der Waals surface area contributed by atoms with Gasteiger partial charge in [-0.3, -0.25) is 9.78 Å². The van der Waals surface area contributed by atoms with Gasteiger partial charge in [0.2, 0.25) is 0 Å². The molecule has 0 saturated carbocycles. The minimum absolute atomic E-state index is 0.266. The van der Waals surface area contributed by atoms with E-state index in [0.717, 1.165) is 5.56 Å². The summed E-state index contributed by atoms with van der Waals surface area (Å²) in [5.41, 5.74) is 2.08. The third-order valence-corrected chi connectivity index (χ3v) is 3.93. The maximum Gasteiger partial charge on any atom is 0.257 e. The predicted molar refractivity (Wildman–Crippen MR) is 102 cm³/mol. The van der Waals surface area contributed by atoms with E-state index in [4.69, 9.17) is 16.3 Å². The van der Waals surface area contributed by atoms with Crippen molar-refractivity contribution in [3.8, 4) is 5.75 Å². The molecule has 0 fully saturated rings. The molecule has 0 spiro atoms. The van der Waals surface area contributed by atoms with Gasteiger partial charge in [-0.2, -0.15) is 0 Å². The van der Waals surface area contributed by atoms with E-state index in [2.05, 4.69) is 20.6 Å². The van der Waals surface area contributed by atoms with E-state index in [1.165, 1.54) is 13.3 Å². The topological polar surface area (TPSA) is 76.1 Å². The first-order valence-electron chi connectivity index (χ1n) is 7.89. The molecular formula is C19H17ClN4O2. The minimum atomic E-state index is -0.266. The van der Waals surface area contributed by atoms with E-state index < -0.39 is 0 Å². The van der Waals surface area contributed by atoms with Gasteiger partial charge in [-0.15, -0.1) is 0 Å². The summed E-state index contributed by atoms with van der Waals surface area (Å²) in [7, 11) is 1.54. The molecule has 0 saturated heterocycles. The summed E-state index contributed by atoms with van der Waals surface area (Å²) in [6.07, 6.45) is 5.03. The van der Waals surface area contributed by atoms with E-state index in [1.54, 1.807) is 42.7 Å². The summed E-state index contributed by atoms with van der Waals surface area (Å²) >= 11 is 6.06. The molecule has 1 amide bonds. The number of ether oxygens (including phenoxy) is 1. The summed E-state index contributed by atoms with van der Waals surface area (Å²) in [6, 6.07) is 12.4. The van der Waals surface area contributed by atoms with Crippen LogP contribution in [-0.4, -0.2) is 23.0 Å². The highest BCUT2D eigenvalue weighted by atomic mass is 35.5. The summed E-state index contributed by atoms with van der Waals surface area (Å²) in [5, 5.41) is 6.39. The quantitative estimate of drug-likeness (QED) is 0.687. The summed E-state index contributed by atoms with van der Waals surface area (Å²) in [6.45, 7) is 0.608. The average molecular weight is 369 g/mol. The minimum Gasteiger partial charge on any atom is -0.495 e. The van der Waals surface area contributed by atoms with Gasteiger partial charge in [-0.25, -0.2) is 4.98 Å². The van der Waals surface area contributed by atoms with Crippen molar-refractivity contribution in [1.82, 2.24) is 9.97 Å². The third kappa shape index (κ3) is 4.49. The van der Waals surface area contributed by atoms with Crippen molar-refractivity contribution in [2.75, 3.05) is 17.7 Å². The SMILES string of the molecule is COc1ccc(NC(=O)c2ccc(NCc3cccnc3)nc2)cc1Cl. The number of amides is 1. The van der Waals surface area contributed by atoms with E-state index in [0.29, 0.717) is 34.4 Å². The van der Waals surface area contributed by atoms with Crippen LogP contribution >= 0.6 is 11.6 Å². The summed E-state index contributed by atoms with van der Waals surface area (Å²) in [5.74, 6) is 0.964. The molecule has 0 bridgehead atoms. The van der Waals surface area contributed by atoms with Crippen molar-refractivity contribution >= 4 is 29.0 Å². The fraction of sp³-hybridized carbons (Fsp3) is 0.105. The van der Waals surface area contributed by atoms with Crippen molar-refractivity contribution in [2.45, 2.75) is 6.54 Å². The van der Waals surface area contributed by atoms with E-state index in [1.807, 2.05) is 12.1 Å². The van der Waals surface area contributed by atoms with Gasteiger partial charge < -0.3 is 15.4 Å². The van der Waals surface area contributed by atoms with Crippen LogP contribution in [0.4, 0.5) is 11.5 Å². The Bertz CT molecular complexity index is 886. The number of pyridine rings is 2. The van der Waals surface area contributed by atoms with E-state index in [9.17, 15) is 4.79 Å². The molecule has 0 aliphatic rings. The molecule has 0 aliphatic heterocycles. The normalized spacial score (nSPS) is 10.2. The number of rotatable bonds is 6. The molecule has 0 radical (unpaired) electrons. The number of hydrogen-bond acceptors (Lipinski definition) is 5. The summed E-state index contributed by atoms with van der Waals surface area (Å²) < 4.78 is 5.09. The zero-order chi connectivity index (χ0) is 18.4. The Kier molecular flexibility index (Phi) is 5.66. The molecule has 26 heavy (non-hydrogen) atoms. The van der Waals surface area contributed by atoms with Crippen LogP contribution in [0.3, 0.4) is 0 Å². The second-order valence-corrected chi connectivity index (χ2v) is 5.86. The Labute approximate surface area is 156 Å². The lowest BCUT2D eigenvalue weighted by Gasteiger charge is -2.09. The van der Waals surface area contributed by atoms with Crippen LogP contribution in [0.15, 0.2) is 61.1 Å². The van der Waals surface area contributed by atoms with Crippen LogP contribution in [0.2, 0.25) is 5.02 Å². The zero-order valence-electron chi connectivity index (χ0n) is 14.1. The van der Waals surface area contributed by atoms with Crippen molar-refractivity contribution in [1.29, 1.82) is 0 Å². The Morgan fingerprint density at radius 2 is 2.08 bits per heavy atom. The molecular weight excluding hydrogens is 352 g/mol. The number of hydrogen-bond donors (Lipinski definition) is 2. The maximum atomic E-state index is 12.3. The molecule has 2 N–H and O–H groups in total. The number of anilines is 2. The van der Waals surface area contributed by atoms with Gasteiger partial charge in [-0.05, 0) is 42.0 Å². The van der Waals surface area contributed by atoms with Crippen LogP contribution in [0.25, 0.3) is 0 Å². The lowest BCUT2D eigenvalue weighted by molar-refractivity contribution is 0.102. The second-order valence-electron chi connectivity index (χ2n) is 5.45. The lowest BCUT2D eigenvalue weighted by atomic mass is 10.2. The number of benzene rings is 1. The molecule has 2 heterocycles. The smallest absolute Gasteiger partial charge is 0.257 e. The second kappa shape index (κ2) is 8.31. The predicted octanol–water partition coefficient (Wildman–Crippen LogP) is 4.00. The van der Waals surface area contributed by atoms with Gasteiger partial charge in [-0.1, -0.05) is 17.7 Å². The Morgan fingerprint density at radius 1 is 1.19 bits per heavy atom. The number of halogens is 1. The molecule has 0 unspecified atom stereocenters. The molecule has 3 rings (SSSR count). The molecule has 1 aromatic carbocycles. The molecule has 7 heteroatoms. The first-order valence-corrected chi connectivity index (χ1v) is 8.27. The van der Waals surface area contributed by atoms with Crippen molar-refractivity contribution in [3.63, 3.8) is 0 Å². The standard InChI is InChI=1S/C19H17ClN4O2/c1-26-17-6-5-15(9-16(17)20)24-19(25)14-4-7-18(23-12-14)22-11-13-3-2-8-21-10-13/h2-10,12H,11H2,1H3,(H,22,23)(H,24,25).